The number of hydrogen-bond donors (Lipinski definition) is 1. The first-order chi connectivity index (χ1) is 9.77. The van der Waals surface area contributed by atoms with Crippen molar-refractivity contribution in [2.45, 2.75) is 96.8 Å². The Bertz CT molecular complexity index is 243. The van der Waals surface area contributed by atoms with Gasteiger partial charge in [-0.2, -0.15) is 0 Å². The fraction of sp³-hybridized carbons (Fsp3) is 0.833. The molecule has 0 aromatic carbocycles. The molecule has 0 rings (SSSR count). The van der Waals surface area contributed by atoms with Gasteiger partial charge in [0.05, 0.1) is 0 Å². The van der Waals surface area contributed by atoms with Crippen molar-refractivity contribution in [2.75, 3.05) is 0 Å². The Morgan fingerprint density at radius 1 is 0.727 bits per heavy atom. The van der Waals surface area contributed by atoms with Crippen LogP contribution in [-0.2, 0) is 4.79 Å². The maximum Gasteiger partial charge on any atom is 0.303 e. The number of carboxylic acid groups (broad SMARTS) is 1. The third-order valence-corrected chi connectivity index (χ3v) is 3.65. The molecule has 0 fully saturated rings. The summed E-state index contributed by atoms with van der Waals surface area (Å²) < 4.78 is 0. The van der Waals surface area contributed by atoms with E-state index in [0.717, 1.165) is 12.8 Å². The van der Waals surface area contributed by atoms with E-state index in [2.05, 4.69) is 19.1 Å². The summed E-state index contributed by atoms with van der Waals surface area (Å²) >= 11 is 0. The normalized spacial score (nSPS) is 10.2. The van der Waals surface area contributed by atoms with Crippen LogP contribution in [-0.4, -0.2) is 149 Å². The molecule has 0 atom stereocenters. The van der Waals surface area contributed by atoms with Crippen LogP contribution in [0.1, 0.15) is 96.8 Å². The second-order valence-corrected chi connectivity index (χ2v) is 5.73. The van der Waals surface area contributed by atoms with E-state index in [4.69, 9.17) is 5.11 Å². The van der Waals surface area contributed by atoms with E-state index >= 15 is 0 Å². The minimum atomic E-state index is -0.664. The van der Waals surface area contributed by atoms with Gasteiger partial charge in [-0.1, -0.05) is 70.4 Å². The average Bonchev–Trinajstić information content (AvgIpc) is 2.43. The van der Waals surface area contributed by atoms with E-state index in [9.17, 15) is 4.79 Å². The SMILES string of the molecule is CCCCCCCC/C=C\CCCCCCCC(=O)O.[Cs].[Cs]. The zero-order valence-corrected chi connectivity index (χ0v) is 28.0. The molecule has 0 saturated heterocycles. The predicted octanol–water partition coefficient (Wildman–Crippen LogP) is 5.35. The molecule has 0 unspecified atom stereocenters. The van der Waals surface area contributed by atoms with Crippen molar-refractivity contribution < 1.29 is 9.90 Å². The fourth-order valence-electron chi connectivity index (χ4n) is 2.35. The Morgan fingerprint density at radius 2 is 1.14 bits per heavy atom. The first kappa shape index (κ1) is 30.1. The molecular weight excluding hydrogens is 514 g/mol. The molecule has 2 nitrogen and oxygen atoms in total. The van der Waals surface area contributed by atoms with Gasteiger partial charge >= 0.3 is 5.97 Å². The monoisotopic (exact) mass is 548 g/mol. The topological polar surface area (TPSA) is 37.3 Å². The molecule has 0 spiro atoms. The maximum atomic E-state index is 10.3. The number of allylic oxidation sites excluding steroid dienone is 2. The molecule has 4 heteroatoms. The summed E-state index contributed by atoms with van der Waals surface area (Å²) in [4.78, 5) is 10.3. The van der Waals surface area contributed by atoms with Gasteiger partial charge in [0.15, 0.2) is 0 Å². The van der Waals surface area contributed by atoms with Crippen molar-refractivity contribution in [1.29, 1.82) is 0 Å². The van der Waals surface area contributed by atoms with Crippen LogP contribution in [0.25, 0.3) is 0 Å². The predicted molar refractivity (Wildman–Crippen MR) is 98.6 cm³/mol. The number of unbranched alkanes of at least 4 members (excludes halogenated alkanes) is 11. The molecule has 0 amide bonds. The molecule has 0 bridgehead atoms. The van der Waals surface area contributed by atoms with Crippen molar-refractivity contribution in [3.63, 3.8) is 0 Å². The van der Waals surface area contributed by atoms with Crippen molar-refractivity contribution >= 4 is 144 Å². The second kappa shape index (κ2) is 26.5. The Balaban J connectivity index is -0.00000180. The molecule has 0 saturated carbocycles. The van der Waals surface area contributed by atoms with Crippen molar-refractivity contribution in [1.82, 2.24) is 0 Å². The van der Waals surface area contributed by atoms with E-state index in [1.54, 1.807) is 0 Å². The summed E-state index contributed by atoms with van der Waals surface area (Å²) in [5, 5.41) is 8.51. The van der Waals surface area contributed by atoms with Gasteiger partial charge in [-0.15, -0.1) is 0 Å². The van der Waals surface area contributed by atoms with Crippen LogP contribution in [0.5, 0.6) is 0 Å². The molecule has 0 heterocycles. The summed E-state index contributed by atoms with van der Waals surface area (Å²) in [7, 11) is 0. The molecular formula is C18H34Cs2O2. The van der Waals surface area contributed by atoms with Crippen molar-refractivity contribution in [3.05, 3.63) is 12.2 Å². The largest absolute Gasteiger partial charge is 0.481 e. The zero-order chi connectivity index (χ0) is 14.9. The quantitative estimate of drug-likeness (QED) is 0.222. The number of carboxylic acids is 1. The van der Waals surface area contributed by atoms with Crippen LogP contribution < -0.4 is 0 Å². The van der Waals surface area contributed by atoms with E-state index in [1.165, 1.54) is 70.6 Å². The van der Waals surface area contributed by atoms with Crippen LogP contribution in [0.2, 0.25) is 0 Å². The van der Waals surface area contributed by atoms with Crippen molar-refractivity contribution in [2.24, 2.45) is 0 Å². The fourth-order valence-corrected chi connectivity index (χ4v) is 2.35. The Labute approximate surface area is 256 Å². The molecule has 0 aliphatic carbocycles. The molecule has 0 aromatic rings. The number of rotatable bonds is 15. The first-order valence-corrected chi connectivity index (χ1v) is 8.64. The van der Waals surface area contributed by atoms with Gasteiger partial charge in [-0.25, -0.2) is 0 Å². The zero-order valence-electron chi connectivity index (χ0n) is 15.4. The van der Waals surface area contributed by atoms with Gasteiger partial charge in [0.2, 0.25) is 0 Å². The number of aliphatic carboxylic acids is 1. The molecule has 0 aromatic heterocycles. The minimum Gasteiger partial charge on any atom is -0.481 e. The summed E-state index contributed by atoms with van der Waals surface area (Å²) in [6.07, 6.45) is 21.2. The summed E-state index contributed by atoms with van der Waals surface area (Å²) in [6.45, 7) is 2.26. The molecule has 22 heavy (non-hydrogen) atoms. The Hall–Kier alpha value is 3.31. The van der Waals surface area contributed by atoms with Crippen LogP contribution in [0.15, 0.2) is 12.2 Å². The standard InChI is InChI=1S/C18H34O2.2Cs/c1-2-3-4-5-6-7-8-9-10-11-12-13-14-15-16-17-18(19)20;;/h9-10H,2-8,11-17H2,1H3,(H,19,20);;/b10-9-;;. The molecule has 0 aliphatic rings. The molecule has 120 valence electrons. The summed E-state index contributed by atoms with van der Waals surface area (Å²) in [6, 6.07) is 0. The maximum absolute atomic E-state index is 10.3. The van der Waals surface area contributed by atoms with Crippen LogP contribution in [0, 0.1) is 0 Å². The van der Waals surface area contributed by atoms with Gasteiger partial charge in [0.1, 0.15) is 0 Å². The van der Waals surface area contributed by atoms with Gasteiger partial charge in [0, 0.05) is 144 Å². The summed E-state index contributed by atoms with van der Waals surface area (Å²) in [5.41, 5.74) is 0. The van der Waals surface area contributed by atoms with Crippen LogP contribution >= 0.6 is 0 Å². The number of carbonyl (C=O) groups is 1. The second-order valence-electron chi connectivity index (χ2n) is 5.73. The molecule has 2 radical (unpaired) electrons. The average molecular weight is 548 g/mol. The van der Waals surface area contributed by atoms with Crippen molar-refractivity contribution in [3.8, 4) is 0 Å². The Kier molecular flexibility index (Phi) is 36.3. The van der Waals surface area contributed by atoms with Gasteiger partial charge < -0.3 is 5.11 Å². The molecule has 0 aliphatic heterocycles. The van der Waals surface area contributed by atoms with Gasteiger partial charge in [0.25, 0.3) is 0 Å². The third kappa shape index (κ3) is 28.1. The summed E-state index contributed by atoms with van der Waals surface area (Å²) in [5.74, 6) is -0.664. The van der Waals surface area contributed by atoms with Gasteiger partial charge in [-0.05, 0) is 32.1 Å². The Morgan fingerprint density at radius 3 is 1.59 bits per heavy atom. The third-order valence-electron chi connectivity index (χ3n) is 3.65. The van der Waals surface area contributed by atoms with Crippen LogP contribution in [0.3, 0.4) is 0 Å². The molecule has 1 N–H and O–H groups in total. The number of hydrogen-bond acceptors (Lipinski definition) is 1. The van der Waals surface area contributed by atoms with E-state index < -0.39 is 5.97 Å². The van der Waals surface area contributed by atoms with Crippen LogP contribution in [0.4, 0.5) is 0 Å². The van der Waals surface area contributed by atoms with E-state index in [1.807, 2.05) is 0 Å². The van der Waals surface area contributed by atoms with E-state index in [0.29, 0.717) is 6.42 Å². The first-order valence-electron chi connectivity index (χ1n) is 8.64. The minimum absolute atomic E-state index is 0. The smallest absolute Gasteiger partial charge is 0.303 e. The van der Waals surface area contributed by atoms with Gasteiger partial charge in [-0.3, -0.25) is 4.79 Å². The van der Waals surface area contributed by atoms with E-state index in [-0.39, 0.29) is 138 Å².